The predicted molar refractivity (Wildman–Crippen MR) is 110 cm³/mol. The van der Waals surface area contributed by atoms with E-state index in [-0.39, 0.29) is 2.85 Å². The first-order valence-electron chi connectivity index (χ1n) is 10.3. The molecule has 1 heterocycles. The van der Waals surface area contributed by atoms with Gasteiger partial charge in [0, 0.05) is 22.0 Å². The summed E-state index contributed by atoms with van der Waals surface area (Å²) >= 11 is 0. The van der Waals surface area contributed by atoms with Gasteiger partial charge >= 0.3 is 0 Å². The Hall–Kier alpha value is -0.240. The standard InChI is InChI=1S/C17H37N3O3.C2H6.2H2/c1-3-18-7-11-21-13-15-23-16-14-22-12-10-20-8-5-17(6-9-20)19-4-2;1-2;;/h17-19H,3-16H2,1-2H3;1-2H3;2*1H. The van der Waals surface area contributed by atoms with Gasteiger partial charge in [-0.15, -0.1) is 0 Å². The summed E-state index contributed by atoms with van der Waals surface area (Å²) in [6.45, 7) is 18.8. The van der Waals surface area contributed by atoms with Crippen LogP contribution in [0.4, 0.5) is 0 Å². The van der Waals surface area contributed by atoms with Crippen molar-refractivity contribution in [3.8, 4) is 0 Å². The Labute approximate surface area is 158 Å². The van der Waals surface area contributed by atoms with Crippen molar-refractivity contribution in [2.45, 2.75) is 46.6 Å². The second-order valence-electron chi connectivity index (χ2n) is 5.86. The maximum absolute atomic E-state index is 5.64. The van der Waals surface area contributed by atoms with Crippen molar-refractivity contribution < 1.29 is 17.1 Å². The van der Waals surface area contributed by atoms with Crippen molar-refractivity contribution in [1.82, 2.24) is 15.5 Å². The van der Waals surface area contributed by atoms with Crippen LogP contribution in [-0.4, -0.2) is 89.9 Å². The number of rotatable bonds is 15. The third-order valence-corrected chi connectivity index (χ3v) is 4.05. The lowest BCUT2D eigenvalue weighted by molar-refractivity contribution is 0.00990. The quantitative estimate of drug-likeness (QED) is 0.434. The van der Waals surface area contributed by atoms with Gasteiger partial charge in [-0.3, -0.25) is 0 Å². The summed E-state index contributed by atoms with van der Waals surface area (Å²) in [6.07, 6.45) is 2.51. The topological polar surface area (TPSA) is 55.0 Å². The molecule has 1 aliphatic heterocycles. The number of likely N-dealkylation sites (N-methyl/N-ethyl adjacent to an activating group) is 1. The number of hydrogen-bond donors (Lipinski definition) is 2. The average Bonchev–Trinajstić information content (AvgIpc) is 2.66. The monoisotopic (exact) mass is 365 g/mol. The number of ether oxygens (including phenoxy) is 3. The van der Waals surface area contributed by atoms with Gasteiger partial charge in [0.05, 0.1) is 39.6 Å². The van der Waals surface area contributed by atoms with Crippen molar-refractivity contribution >= 4 is 0 Å². The summed E-state index contributed by atoms with van der Waals surface area (Å²) in [4.78, 5) is 2.49. The Bertz CT molecular complexity index is 260. The summed E-state index contributed by atoms with van der Waals surface area (Å²) in [5, 5.41) is 6.75. The van der Waals surface area contributed by atoms with Crippen LogP contribution in [0.5, 0.6) is 0 Å². The zero-order valence-electron chi connectivity index (χ0n) is 17.1. The van der Waals surface area contributed by atoms with Crippen LogP contribution in [0.3, 0.4) is 0 Å². The minimum absolute atomic E-state index is 0. The molecule has 0 amide bonds. The molecule has 1 fully saturated rings. The molecule has 0 saturated carbocycles. The molecule has 0 spiro atoms. The predicted octanol–water partition coefficient (Wildman–Crippen LogP) is 2.24. The van der Waals surface area contributed by atoms with Crippen LogP contribution in [-0.2, 0) is 14.2 Å². The lowest BCUT2D eigenvalue weighted by Crippen LogP contribution is -2.43. The Kier molecular flexibility index (Phi) is 19.9. The highest BCUT2D eigenvalue weighted by atomic mass is 16.5. The zero-order chi connectivity index (χ0) is 18.6. The van der Waals surface area contributed by atoms with Gasteiger partial charge in [0.15, 0.2) is 0 Å². The molecule has 0 aromatic rings. The molecule has 0 radical (unpaired) electrons. The van der Waals surface area contributed by atoms with E-state index in [2.05, 4.69) is 29.4 Å². The summed E-state index contributed by atoms with van der Waals surface area (Å²) in [6, 6.07) is 0.713. The molecule has 0 unspecified atom stereocenters. The van der Waals surface area contributed by atoms with Crippen LogP contribution in [0.15, 0.2) is 0 Å². The highest BCUT2D eigenvalue weighted by molar-refractivity contribution is 4.76. The lowest BCUT2D eigenvalue weighted by Gasteiger charge is -2.32. The molecule has 0 atom stereocenters. The van der Waals surface area contributed by atoms with Gasteiger partial charge in [-0.2, -0.15) is 0 Å². The third kappa shape index (κ3) is 15.7. The molecule has 0 aromatic carbocycles. The van der Waals surface area contributed by atoms with E-state index >= 15 is 0 Å². The molecule has 0 aromatic heterocycles. The second-order valence-corrected chi connectivity index (χ2v) is 5.86. The maximum Gasteiger partial charge on any atom is 0.0701 e. The second kappa shape index (κ2) is 20.1. The molecule has 1 rings (SSSR count). The highest BCUT2D eigenvalue weighted by Gasteiger charge is 2.17. The average molecular weight is 366 g/mol. The minimum Gasteiger partial charge on any atom is -0.378 e. The molecule has 1 saturated heterocycles. The van der Waals surface area contributed by atoms with Crippen LogP contribution in [0.25, 0.3) is 0 Å². The van der Waals surface area contributed by atoms with Crippen LogP contribution in [0.2, 0.25) is 0 Å². The first-order valence-corrected chi connectivity index (χ1v) is 10.3. The fourth-order valence-corrected chi connectivity index (χ4v) is 2.71. The van der Waals surface area contributed by atoms with Crippen molar-refractivity contribution in [2.24, 2.45) is 0 Å². The molecule has 6 nitrogen and oxygen atoms in total. The molecule has 0 aliphatic carbocycles. The molecule has 0 bridgehead atoms. The molecule has 25 heavy (non-hydrogen) atoms. The SMILES string of the molecule is CC.CCNCCOCCOCCOCCN1CCC(NCC)CC1.[HH].[HH]. The first-order chi connectivity index (χ1) is 12.4. The molecule has 156 valence electrons. The lowest BCUT2D eigenvalue weighted by atomic mass is 10.1. The van der Waals surface area contributed by atoms with E-state index in [1.54, 1.807) is 0 Å². The Balaban J connectivity index is -0.00000139. The molecular formula is C19H47N3O3. The molecule has 1 aliphatic rings. The van der Waals surface area contributed by atoms with E-state index in [9.17, 15) is 0 Å². The number of hydrogen-bond acceptors (Lipinski definition) is 6. The number of nitrogens with one attached hydrogen (secondary N) is 2. The third-order valence-electron chi connectivity index (χ3n) is 4.05. The van der Waals surface area contributed by atoms with Crippen molar-refractivity contribution in [3.63, 3.8) is 0 Å². The largest absolute Gasteiger partial charge is 0.378 e. The number of likely N-dealkylation sites (tertiary alicyclic amines) is 1. The molecule has 6 heteroatoms. The van der Waals surface area contributed by atoms with E-state index in [1.165, 1.54) is 25.9 Å². The Morgan fingerprint density at radius 1 is 0.840 bits per heavy atom. The van der Waals surface area contributed by atoms with Gasteiger partial charge in [-0.05, 0) is 39.0 Å². The normalized spacial score (nSPS) is 15.8. The molecular weight excluding hydrogens is 318 g/mol. The summed E-state index contributed by atoms with van der Waals surface area (Å²) < 4.78 is 16.5. The van der Waals surface area contributed by atoms with Gasteiger partial charge in [0.2, 0.25) is 0 Å². The summed E-state index contributed by atoms with van der Waals surface area (Å²) in [7, 11) is 0. The van der Waals surface area contributed by atoms with Crippen molar-refractivity contribution in [3.05, 3.63) is 0 Å². The van der Waals surface area contributed by atoms with Gasteiger partial charge in [-0.25, -0.2) is 0 Å². The maximum atomic E-state index is 5.64. The number of piperidine rings is 1. The smallest absolute Gasteiger partial charge is 0.0701 e. The van der Waals surface area contributed by atoms with Crippen LogP contribution in [0, 0.1) is 0 Å². The molecule has 2 N–H and O–H groups in total. The zero-order valence-corrected chi connectivity index (χ0v) is 17.1. The van der Waals surface area contributed by atoms with Crippen LogP contribution in [0.1, 0.15) is 43.4 Å². The Morgan fingerprint density at radius 3 is 1.96 bits per heavy atom. The van der Waals surface area contributed by atoms with Gasteiger partial charge in [0.1, 0.15) is 0 Å². The van der Waals surface area contributed by atoms with E-state index < -0.39 is 0 Å². The fraction of sp³-hybridized carbons (Fsp3) is 1.00. The minimum atomic E-state index is 0. The first kappa shape index (κ1) is 24.8. The van der Waals surface area contributed by atoms with Crippen molar-refractivity contribution in [2.75, 3.05) is 78.9 Å². The van der Waals surface area contributed by atoms with Crippen LogP contribution >= 0.6 is 0 Å². The highest BCUT2D eigenvalue weighted by Crippen LogP contribution is 2.09. The van der Waals surface area contributed by atoms with Gasteiger partial charge < -0.3 is 29.7 Å². The van der Waals surface area contributed by atoms with Crippen molar-refractivity contribution in [1.29, 1.82) is 0 Å². The number of nitrogens with zero attached hydrogens (tertiary/aromatic N) is 1. The van der Waals surface area contributed by atoms with Crippen LogP contribution < -0.4 is 10.6 Å². The van der Waals surface area contributed by atoms with E-state index in [0.717, 1.165) is 39.4 Å². The van der Waals surface area contributed by atoms with E-state index in [4.69, 9.17) is 14.2 Å². The van der Waals surface area contributed by atoms with E-state index in [1.807, 2.05) is 13.8 Å². The van der Waals surface area contributed by atoms with Gasteiger partial charge in [-0.1, -0.05) is 27.7 Å². The van der Waals surface area contributed by atoms with Gasteiger partial charge in [0.25, 0.3) is 0 Å². The fourth-order valence-electron chi connectivity index (χ4n) is 2.71. The Morgan fingerprint density at radius 2 is 1.40 bits per heavy atom. The summed E-state index contributed by atoms with van der Waals surface area (Å²) in [5.74, 6) is 0. The summed E-state index contributed by atoms with van der Waals surface area (Å²) in [5.41, 5.74) is 0. The van der Waals surface area contributed by atoms with E-state index in [0.29, 0.717) is 32.5 Å².